The van der Waals surface area contributed by atoms with Gasteiger partial charge in [-0.2, -0.15) is 0 Å². The molecule has 4 nitrogen and oxygen atoms in total. The van der Waals surface area contributed by atoms with Gasteiger partial charge in [-0.25, -0.2) is 4.79 Å². The van der Waals surface area contributed by atoms with Gasteiger partial charge < -0.3 is 9.64 Å². The number of methoxy groups -OCH3 is 1. The third-order valence-electron chi connectivity index (χ3n) is 5.30. The molecule has 1 amide bonds. The Hall–Kier alpha value is -2.40. The molecule has 152 valence electrons. The number of amides is 1. The van der Waals surface area contributed by atoms with Crippen molar-refractivity contribution in [2.75, 3.05) is 12.0 Å². The molecular weight excluding hydrogens is 430 g/mol. The van der Waals surface area contributed by atoms with Gasteiger partial charge in [-0.1, -0.05) is 65.5 Å². The quantitative estimate of drug-likeness (QED) is 0.411. The molecule has 2 aromatic rings. The summed E-state index contributed by atoms with van der Waals surface area (Å²) in [4.78, 5) is 26.8. The fraction of sp³-hybridized carbons (Fsp3) is 0.333. The van der Waals surface area contributed by atoms with Crippen molar-refractivity contribution in [1.82, 2.24) is 0 Å². The molecule has 0 atom stereocenters. The van der Waals surface area contributed by atoms with Gasteiger partial charge in [0.1, 0.15) is 0 Å². The second-order valence-corrected chi connectivity index (χ2v) is 8.16. The highest BCUT2D eigenvalue weighted by atomic mass is 79.9. The lowest BCUT2D eigenvalue weighted by Gasteiger charge is -2.30. The van der Waals surface area contributed by atoms with Gasteiger partial charge in [-0.3, -0.25) is 4.79 Å². The van der Waals surface area contributed by atoms with Gasteiger partial charge in [-0.15, -0.1) is 0 Å². The van der Waals surface area contributed by atoms with E-state index in [1.165, 1.54) is 19.6 Å². The predicted molar refractivity (Wildman–Crippen MR) is 119 cm³/mol. The molecule has 2 aromatic carbocycles. The Morgan fingerprint density at radius 2 is 1.86 bits per heavy atom. The van der Waals surface area contributed by atoms with Crippen LogP contribution in [0.25, 0.3) is 6.08 Å². The van der Waals surface area contributed by atoms with Crippen LogP contribution in [0, 0.1) is 5.92 Å². The number of esters is 1. The lowest BCUT2D eigenvalue weighted by atomic mass is 9.88. The summed E-state index contributed by atoms with van der Waals surface area (Å²) in [7, 11) is 1.35. The van der Waals surface area contributed by atoms with Crippen LogP contribution in [0.2, 0.25) is 0 Å². The third kappa shape index (κ3) is 5.80. The van der Waals surface area contributed by atoms with E-state index in [0.29, 0.717) is 6.54 Å². The highest BCUT2D eigenvalue weighted by Gasteiger charge is 2.27. The lowest BCUT2D eigenvalue weighted by Crippen LogP contribution is -2.36. The summed E-state index contributed by atoms with van der Waals surface area (Å²) >= 11 is 3.61. The van der Waals surface area contributed by atoms with Crippen LogP contribution >= 0.6 is 15.9 Å². The van der Waals surface area contributed by atoms with Crippen molar-refractivity contribution >= 4 is 39.6 Å². The summed E-state index contributed by atoms with van der Waals surface area (Å²) in [6.45, 7) is 0.501. The molecule has 3 rings (SSSR count). The maximum atomic E-state index is 13.5. The van der Waals surface area contributed by atoms with Crippen LogP contribution in [-0.4, -0.2) is 19.0 Å². The molecule has 0 unspecified atom stereocenters. The van der Waals surface area contributed by atoms with E-state index in [4.69, 9.17) is 0 Å². The molecule has 29 heavy (non-hydrogen) atoms. The maximum Gasteiger partial charge on any atom is 0.330 e. The Bertz CT molecular complexity index is 887. The Kier molecular flexibility index (Phi) is 7.64. The molecule has 1 saturated carbocycles. The van der Waals surface area contributed by atoms with Crippen LogP contribution in [0.4, 0.5) is 5.69 Å². The topological polar surface area (TPSA) is 46.6 Å². The second kappa shape index (κ2) is 10.4. The fourth-order valence-electron chi connectivity index (χ4n) is 3.69. The van der Waals surface area contributed by atoms with Crippen molar-refractivity contribution in [2.24, 2.45) is 5.92 Å². The minimum Gasteiger partial charge on any atom is -0.466 e. The molecule has 0 spiro atoms. The first-order chi connectivity index (χ1) is 14.1. The minimum absolute atomic E-state index is 0.0699. The molecule has 0 aliphatic heterocycles. The van der Waals surface area contributed by atoms with Gasteiger partial charge in [-0.05, 0) is 48.2 Å². The number of carbonyl (C=O) groups excluding carboxylic acids is 2. The van der Waals surface area contributed by atoms with Crippen molar-refractivity contribution in [3.05, 3.63) is 70.2 Å². The largest absolute Gasteiger partial charge is 0.466 e. The van der Waals surface area contributed by atoms with E-state index >= 15 is 0 Å². The second-order valence-electron chi connectivity index (χ2n) is 7.30. The van der Waals surface area contributed by atoms with E-state index in [2.05, 4.69) is 20.7 Å². The molecule has 5 heteroatoms. The highest BCUT2D eigenvalue weighted by molar-refractivity contribution is 9.10. The first-order valence-corrected chi connectivity index (χ1v) is 10.8. The number of hydrogen-bond donors (Lipinski definition) is 0. The average molecular weight is 456 g/mol. The number of hydrogen-bond acceptors (Lipinski definition) is 3. The van der Waals surface area contributed by atoms with E-state index in [1.807, 2.05) is 53.4 Å². The van der Waals surface area contributed by atoms with Crippen molar-refractivity contribution < 1.29 is 14.3 Å². The van der Waals surface area contributed by atoms with Crippen molar-refractivity contribution in [2.45, 2.75) is 38.6 Å². The van der Waals surface area contributed by atoms with Crippen LogP contribution in [0.1, 0.15) is 43.2 Å². The van der Waals surface area contributed by atoms with Crippen molar-refractivity contribution in [1.29, 1.82) is 0 Å². The first-order valence-electron chi connectivity index (χ1n) is 9.99. The SMILES string of the molecule is COC(=O)/C=C/c1cccc(N(Cc2ccccc2Br)C(=O)C2CCCCC2)c1. The fourth-order valence-corrected chi connectivity index (χ4v) is 4.10. The van der Waals surface area contributed by atoms with E-state index < -0.39 is 5.97 Å². The average Bonchev–Trinajstić information content (AvgIpc) is 2.77. The zero-order valence-corrected chi connectivity index (χ0v) is 18.2. The van der Waals surface area contributed by atoms with Gasteiger partial charge >= 0.3 is 5.97 Å². The van der Waals surface area contributed by atoms with Crippen LogP contribution in [-0.2, 0) is 20.9 Å². The minimum atomic E-state index is -0.404. The van der Waals surface area contributed by atoms with Crippen LogP contribution in [0.3, 0.4) is 0 Å². The molecule has 0 radical (unpaired) electrons. The van der Waals surface area contributed by atoms with Gasteiger partial charge in [0, 0.05) is 22.2 Å². The lowest BCUT2D eigenvalue weighted by molar-refractivity contribution is -0.134. The summed E-state index contributed by atoms with van der Waals surface area (Å²) in [5.74, 6) is -0.159. The van der Waals surface area contributed by atoms with E-state index in [0.717, 1.165) is 47.0 Å². The maximum absolute atomic E-state index is 13.5. The van der Waals surface area contributed by atoms with Crippen molar-refractivity contribution in [3.8, 4) is 0 Å². The first kappa shape index (κ1) is 21.3. The number of ether oxygens (including phenoxy) is 1. The smallest absolute Gasteiger partial charge is 0.330 e. The van der Waals surface area contributed by atoms with E-state index in [-0.39, 0.29) is 11.8 Å². The summed E-state index contributed by atoms with van der Waals surface area (Å²) in [6, 6.07) is 15.7. The molecule has 0 heterocycles. The van der Waals surface area contributed by atoms with E-state index in [1.54, 1.807) is 6.08 Å². The van der Waals surface area contributed by atoms with Crippen LogP contribution < -0.4 is 4.90 Å². The molecule has 1 aliphatic carbocycles. The summed E-state index contributed by atoms with van der Waals surface area (Å²) < 4.78 is 5.65. The summed E-state index contributed by atoms with van der Waals surface area (Å²) in [5, 5.41) is 0. The Labute approximate surface area is 180 Å². The van der Waals surface area contributed by atoms with Gasteiger partial charge in [0.2, 0.25) is 5.91 Å². The van der Waals surface area contributed by atoms with Crippen LogP contribution in [0.5, 0.6) is 0 Å². The van der Waals surface area contributed by atoms with Gasteiger partial charge in [0.25, 0.3) is 0 Å². The number of anilines is 1. The Morgan fingerprint density at radius 3 is 2.59 bits per heavy atom. The molecular formula is C24H26BrNO3. The zero-order valence-electron chi connectivity index (χ0n) is 16.6. The highest BCUT2D eigenvalue weighted by Crippen LogP contribution is 2.30. The van der Waals surface area contributed by atoms with E-state index in [9.17, 15) is 9.59 Å². The monoisotopic (exact) mass is 455 g/mol. The summed E-state index contributed by atoms with van der Waals surface area (Å²) in [5.41, 5.74) is 2.75. The molecule has 0 aromatic heterocycles. The predicted octanol–water partition coefficient (Wildman–Crippen LogP) is 5.75. The standard InChI is InChI=1S/C24H26BrNO3/c1-29-23(27)15-14-18-8-7-12-21(16-18)26(17-20-11-5-6-13-22(20)25)24(28)19-9-3-2-4-10-19/h5-8,11-16,19H,2-4,9-10,17H2,1H3/b15-14+. The number of carbonyl (C=O) groups is 2. The molecule has 1 fully saturated rings. The normalized spacial score (nSPS) is 14.7. The molecule has 1 aliphatic rings. The number of rotatable bonds is 6. The molecule has 0 saturated heterocycles. The Balaban J connectivity index is 1.91. The van der Waals surface area contributed by atoms with Crippen LogP contribution in [0.15, 0.2) is 59.1 Å². The van der Waals surface area contributed by atoms with Crippen molar-refractivity contribution in [3.63, 3.8) is 0 Å². The number of benzene rings is 2. The Morgan fingerprint density at radius 1 is 1.10 bits per heavy atom. The molecule has 0 bridgehead atoms. The molecule has 0 N–H and O–H groups in total. The third-order valence-corrected chi connectivity index (χ3v) is 6.08. The number of nitrogens with zero attached hydrogens (tertiary/aromatic N) is 1. The van der Waals surface area contributed by atoms with Gasteiger partial charge in [0.15, 0.2) is 0 Å². The number of halogens is 1. The van der Waals surface area contributed by atoms with Gasteiger partial charge in [0.05, 0.1) is 13.7 Å². The zero-order chi connectivity index (χ0) is 20.6. The summed E-state index contributed by atoms with van der Waals surface area (Å²) in [6.07, 6.45) is 8.43.